The predicted octanol–water partition coefficient (Wildman–Crippen LogP) is 2.70. The minimum absolute atomic E-state index is 0.191. The normalized spacial score (nSPS) is 10.3. The smallest absolute Gasteiger partial charge is 0.130 e. The fourth-order valence-corrected chi connectivity index (χ4v) is 1.76. The number of rotatable bonds is 1. The second-order valence-electron chi connectivity index (χ2n) is 3.00. The van der Waals surface area contributed by atoms with Gasteiger partial charge in [0.25, 0.3) is 0 Å². The highest BCUT2D eigenvalue weighted by molar-refractivity contribution is 9.10. The number of H-pyrrole nitrogens is 1. The molecule has 0 radical (unpaired) electrons. The summed E-state index contributed by atoms with van der Waals surface area (Å²) in [5.41, 5.74) is 1.82. The van der Waals surface area contributed by atoms with Crippen molar-refractivity contribution in [3.05, 3.63) is 28.4 Å². The van der Waals surface area contributed by atoms with Crippen molar-refractivity contribution in [3.63, 3.8) is 0 Å². The highest BCUT2D eigenvalue weighted by Crippen LogP contribution is 2.30. The van der Waals surface area contributed by atoms with Crippen LogP contribution >= 0.6 is 15.9 Å². The number of benzene rings is 1. The summed E-state index contributed by atoms with van der Waals surface area (Å²) < 4.78 is 0.648. The monoisotopic (exact) mass is 250 g/mol. The molecule has 0 saturated carbocycles. The van der Waals surface area contributed by atoms with Crippen LogP contribution in [0.1, 0.15) is 5.56 Å². The van der Waals surface area contributed by atoms with Crippen LogP contribution in [-0.4, -0.2) is 10.1 Å². The van der Waals surface area contributed by atoms with E-state index in [1.807, 2.05) is 0 Å². The van der Waals surface area contributed by atoms with Gasteiger partial charge in [-0.15, -0.1) is 0 Å². The molecule has 0 bridgehead atoms. The Labute approximate surface area is 89.1 Å². The molecule has 0 spiro atoms. The first kappa shape index (κ1) is 9.10. The van der Waals surface area contributed by atoms with Crippen LogP contribution in [-0.2, 0) is 6.42 Å². The van der Waals surface area contributed by atoms with Gasteiger partial charge in [-0.3, -0.25) is 0 Å². The first-order valence-electron chi connectivity index (χ1n) is 4.08. The molecule has 0 amide bonds. The van der Waals surface area contributed by atoms with Crippen molar-refractivity contribution in [1.29, 1.82) is 5.26 Å². The number of nitriles is 1. The van der Waals surface area contributed by atoms with E-state index < -0.39 is 0 Å². The first-order valence-corrected chi connectivity index (χ1v) is 4.87. The SMILES string of the molecule is N#CCc1c[nH]c2cc(Br)c(O)cc12. The molecule has 2 N–H and O–H groups in total. The molecule has 1 aromatic carbocycles. The molecule has 2 aromatic rings. The van der Waals surface area contributed by atoms with Gasteiger partial charge in [0.15, 0.2) is 0 Å². The van der Waals surface area contributed by atoms with Crippen LogP contribution in [0.15, 0.2) is 22.8 Å². The van der Waals surface area contributed by atoms with Gasteiger partial charge in [-0.2, -0.15) is 5.26 Å². The molecule has 70 valence electrons. The maximum atomic E-state index is 9.48. The van der Waals surface area contributed by atoms with E-state index in [9.17, 15) is 5.11 Å². The summed E-state index contributed by atoms with van der Waals surface area (Å²) in [4.78, 5) is 3.05. The number of nitrogens with zero attached hydrogens (tertiary/aromatic N) is 1. The van der Waals surface area contributed by atoms with Crippen molar-refractivity contribution < 1.29 is 5.11 Å². The van der Waals surface area contributed by atoms with Crippen molar-refractivity contribution in [3.8, 4) is 11.8 Å². The average molecular weight is 251 g/mol. The van der Waals surface area contributed by atoms with Gasteiger partial charge in [-0.1, -0.05) is 0 Å². The third kappa shape index (κ3) is 1.36. The zero-order valence-corrected chi connectivity index (χ0v) is 8.80. The van der Waals surface area contributed by atoms with Gasteiger partial charge in [0.1, 0.15) is 5.75 Å². The lowest BCUT2D eigenvalue weighted by molar-refractivity contribution is 0.473. The van der Waals surface area contributed by atoms with E-state index in [0.717, 1.165) is 16.5 Å². The highest BCUT2D eigenvalue weighted by Gasteiger charge is 2.06. The standard InChI is InChI=1S/C10H7BrN2O/c11-8-4-9-7(3-10(8)14)6(1-2-12)5-13-9/h3-5,13-14H,1H2. The number of phenolic OH excluding ortho intramolecular Hbond substituents is 1. The van der Waals surface area contributed by atoms with Gasteiger partial charge >= 0.3 is 0 Å². The molecular formula is C10H7BrN2O. The molecule has 3 nitrogen and oxygen atoms in total. The van der Waals surface area contributed by atoms with Crippen LogP contribution in [0.2, 0.25) is 0 Å². The highest BCUT2D eigenvalue weighted by atomic mass is 79.9. The molecule has 0 aliphatic carbocycles. The van der Waals surface area contributed by atoms with E-state index in [2.05, 4.69) is 27.0 Å². The number of hydrogen-bond acceptors (Lipinski definition) is 2. The Morgan fingerprint density at radius 2 is 2.29 bits per heavy atom. The number of hydrogen-bond donors (Lipinski definition) is 2. The van der Waals surface area contributed by atoms with E-state index >= 15 is 0 Å². The van der Waals surface area contributed by atoms with Gasteiger partial charge in [0.2, 0.25) is 0 Å². The molecule has 1 aromatic heterocycles. The minimum atomic E-state index is 0.191. The van der Waals surface area contributed by atoms with E-state index in [1.165, 1.54) is 0 Å². The number of aromatic nitrogens is 1. The minimum Gasteiger partial charge on any atom is -0.507 e. The van der Waals surface area contributed by atoms with Crippen molar-refractivity contribution in [2.24, 2.45) is 0 Å². The number of halogens is 1. The van der Waals surface area contributed by atoms with E-state index in [0.29, 0.717) is 10.9 Å². The van der Waals surface area contributed by atoms with Crippen LogP contribution in [0.25, 0.3) is 10.9 Å². The van der Waals surface area contributed by atoms with Gasteiger partial charge < -0.3 is 10.1 Å². The second-order valence-corrected chi connectivity index (χ2v) is 3.85. The van der Waals surface area contributed by atoms with Gasteiger partial charge in [0, 0.05) is 17.1 Å². The Bertz CT molecular complexity index is 525. The van der Waals surface area contributed by atoms with Crippen molar-refractivity contribution in [1.82, 2.24) is 4.98 Å². The van der Waals surface area contributed by atoms with Crippen LogP contribution in [0.3, 0.4) is 0 Å². The predicted molar refractivity (Wildman–Crippen MR) is 57.0 cm³/mol. The summed E-state index contributed by atoms with van der Waals surface area (Å²) >= 11 is 3.23. The molecule has 0 atom stereocenters. The first-order chi connectivity index (χ1) is 6.72. The summed E-state index contributed by atoms with van der Waals surface area (Å²) in [7, 11) is 0. The lowest BCUT2D eigenvalue weighted by Gasteiger charge is -1.97. The number of phenols is 1. The molecule has 0 saturated heterocycles. The molecule has 2 rings (SSSR count). The number of nitrogens with one attached hydrogen (secondary N) is 1. The van der Waals surface area contributed by atoms with E-state index in [1.54, 1.807) is 18.3 Å². The summed E-state index contributed by atoms with van der Waals surface area (Å²) in [6.07, 6.45) is 2.14. The fourth-order valence-electron chi connectivity index (χ4n) is 1.42. The summed E-state index contributed by atoms with van der Waals surface area (Å²) in [5, 5.41) is 19.0. The maximum absolute atomic E-state index is 9.48. The lowest BCUT2D eigenvalue weighted by Crippen LogP contribution is -1.77. The number of fused-ring (bicyclic) bond motifs is 1. The lowest BCUT2D eigenvalue weighted by atomic mass is 10.1. The number of aromatic hydroxyl groups is 1. The Hall–Kier alpha value is -1.47. The Kier molecular flexibility index (Phi) is 2.18. The molecule has 1 heterocycles. The van der Waals surface area contributed by atoms with Crippen molar-refractivity contribution in [2.45, 2.75) is 6.42 Å². The Morgan fingerprint density at radius 3 is 3.00 bits per heavy atom. The maximum Gasteiger partial charge on any atom is 0.130 e. The fraction of sp³-hybridized carbons (Fsp3) is 0.100. The van der Waals surface area contributed by atoms with Crippen LogP contribution in [0, 0.1) is 11.3 Å². The second kappa shape index (κ2) is 3.35. The topological polar surface area (TPSA) is 59.8 Å². The van der Waals surface area contributed by atoms with Crippen LogP contribution in [0.4, 0.5) is 0 Å². The van der Waals surface area contributed by atoms with Gasteiger partial charge in [-0.25, -0.2) is 0 Å². The molecule has 0 aliphatic heterocycles. The largest absolute Gasteiger partial charge is 0.507 e. The number of aromatic amines is 1. The molecular weight excluding hydrogens is 244 g/mol. The molecule has 0 unspecified atom stereocenters. The molecule has 0 fully saturated rings. The Balaban J connectivity index is 2.69. The third-order valence-corrected chi connectivity index (χ3v) is 2.74. The van der Waals surface area contributed by atoms with Gasteiger partial charge in [0.05, 0.1) is 17.0 Å². The Morgan fingerprint density at radius 1 is 1.50 bits per heavy atom. The van der Waals surface area contributed by atoms with Crippen molar-refractivity contribution >= 4 is 26.8 Å². The molecule has 0 aliphatic rings. The summed E-state index contributed by atoms with van der Waals surface area (Å²) in [6, 6.07) is 5.54. The summed E-state index contributed by atoms with van der Waals surface area (Å²) in [6.45, 7) is 0. The molecule has 4 heteroatoms. The average Bonchev–Trinajstić information content (AvgIpc) is 2.51. The third-order valence-electron chi connectivity index (χ3n) is 2.10. The van der Waals surface area contributed by atoms with Gasteiger partial charge in [-0.05, 0) is 33.6 Å². The summed E-state index contributed by atoms with van der Waals surface area (Å²) in [5.74, 6) is 0.191. The molecule has 14 heavy (non-hydrogen) atoms. The van der Waals surface area contributed by atoms with Crippen LogP contribution < -0.4 is 0 Å². The zero-order valence-electron chi connectivity index (χ0n) is 7.21. The van der Waals surface area contributed by atoms with E-state index in [4.69, 9.17) is 5.26 Å². The quantitative estimate of drug-likeness (QED) is 0.818. The van der Waals surface area contributed by atoms with Crippen molar-refractivity contribution in [2.75, 3.05) is 0 Å². The van der Waals surface area contributed by atoms with E-state index in [-0.39, 0.29) is 5.75 Å². The van der Waals surface area contributed by atoms with Crippen LogP contribution in [0.5, 0.6) is 5.75 Å². The zero-order chi connectivity index (χ0) is 10.1.